The van der Waals surface area contributed by atoms with Crippen LogP contribution < -0.4 is 10.5 Å². The second-order valence-electron chi connectivity index (χ2n) is 3.92. The summed E-state index contributed by atoms with van der Waals surface area (Å²) < 4.78 is 53.0. The number of nitrogens with one attached hydrogen (secondary N) is 1. The average molecular weight is 319 g/mol. The Hall–Kier alpha value is -1.86. The number of nitrogen functional groups attached to an aromatic ring is 1. The van der Waals surface area contributed by atoms with Crippen LogP contribution in [0.3, 0.4) is 0 Å². The highest BCUT2D eigenvalue weighted by molar-refractivity contribution is 7.92. The van der Waals surface area contributed by atoms with Crippen LogP contribution in [-0.2, 0) is 10.0 Å². The standard InChI is InChI=1S/C12H9ClF2N2O2S/c13-7-1-4-12(10(15)5-7)20(18,19)17-11-6-8(16)2-3-9(11)14/h1-6,17H,16H2. The third-order valence-corrected chi connectivity index (χ3v) is 4.05. The van der Waals surface area contributed by atoms with Crippen LogP contribution in [0.5, 0.6) is 0 Å². The van der Waals surface area contributed by atoms with Crippen molar-refractivity contribution in [3.63, 3.8) is 0 Å². The number of rotatable bonds is 3. The van der Waals surface area contributed by atoms with Gasteiger partial charge >= 0.3 is 0 Å². The molecule has 0 bridgehead atoms. The molecule has 0 fully saturated rings. The van der Waals surface area contributed by atoms with Crippen LogP contribution >= 0.6 is 11.6 Å². The van der Waals surface area contributed by atoms with Gasteiger partial charge in [-0.05, 0) is 36.4 Å². The zero-order valence-corrected chi connectivity index (χ0v) is 11.5. The summed E-state index contributed by atoms with van der Waals surface area (Å²) >= 11 is 5.54. The summed E-state index contributed by atoms with van der Waals surface area (Å²) in [6, 6.07) is 6.44. The number of anilines is 2. The second-order valence-corrected chi connectivity index (χ2v) is 6.01. The van der Waals surface area contributed by atoms with E-state index in [-0.39, 0.29) is 16.4 Å². The van der Waals surface area contributed by atoms with Crippen LogP contribution in [0.1, 0.15) is 0 Å². The van der Waals surface area contributed by atoms with Crippen molar-refractivity contribution in [3.05, 3.63) is 53.1 Å². The third-order valence-electron chi connectivity index (χ3n) is 2.42. The predicted molar refractivity (Wildman–Crippen MR) is 73.0 cm³/mol. The number of hydrogen-bond donors (Lipinski definition) is 2. The van der Waals surface area contributed by atoms with Crippen molar-refractivity contribution in [3.8, 4) is 0 Å². The zero-order chi connectivity index (χ0) is 14.9. The van der Waals surface area contributed by atoms with E-state index in [4.69, 9.17) is 17.3 Å². The highest BCUT2D eigenvalue weighted by atomic mass is 35.5. The minimum absolute atomic E-state index is 0.0524. The first-order valence-electron chi connectivity index (χ1n) is 5.32. The van der Waals surface area contributed by atoms with Crippen molar-refractivity contribution < 1.29 is 17.2 Å². The average Bonchev–Trinajstić information content (AvgIpc) is 2.33. The van der Waals surface area contributed by atoms with Crippen molar-refractivity contribution in [2.24, 2.45) is 0 Å². The molecular formula is C12H9ClF2N2O2S. The lowest BCUT2D eigenvalue weighted by Crippen LogP contribution is -2.15. The minimum Gasteiger partial charge on any atom is -0.399 e. The smallest absolute Gasteiger partial charge is 0.264 e. The van der Waals surface area contributed by atoms with E-state index >= 15 is 0 Å². The maximum atomic E-state index is 13.6. The van der Waals surface area contributed by atoms with Gasteiger partial charge in [-0.1, -0.05) is 11.6 Å². The van der Waals surface area contributed by atoms with Gasteiger partial charge in [0.15, 0.2) is 0 Å². The third kappa shape index (κ3) is 3.00. The number of hydrogen-bond acceptors (Lipinski definition) is 3. The van der Waals surface area contributed by atoms with Gasteiger partial charge in [0.2, 0.25) is 0 Å². The summed E-state index contributed by atoms with van der Waals surface area (Å²) in [5.41, 5.74) is 5.25. The second kappa shape index (κ2) is 5.26. The highest BCUT2D eigenvalue weighted by Crippen LogP contribution is 2.24. The molecule has 2 aromatic rings. The van der Waals surface area contributed by atoms with Crippen LogP contribution in [0.2, 0.25) is 5.02 Å². The fourth-order valence-corrected chi connectivity index (χ4v) is 2.79. The van der Waals surface area contributed by atoms with Gasteiger partial charge in [-0.2, -0.15) is 0 Å². The summed E-state index contributed by atoms with van der Waals surface area (Å²) in [5.74, 6) is -1.86. The first-order valence-corrected chi connectivity index (χ1v) is 7.18. The first-order chi connectivity index (χ1) is 9.29. The van der Waals surface area contributed by atoms with Gasteiger partial charge in [-0.25, -0.2) is 17.2 Å². The number of benzene rings is 2. The Kier molecular flexibility index (Phi) is 3.82. The molecule has 0 aliphatic heterocycles. The SMILES string of the molecule is Nc1ccc(F)c(NS(=O)(=O)c2ccc(Cl)cc2F)c1. The summed E-state index contributed by atoms with van der Waals surface area (Å²) in [6.07, 6.45) is 0. The van der Waals surface area contributed by atoms with E-state index < -0.39 is 26.6 Å². The van der Waals surface area contributed by atoms with E-state index in [2.05, 4.69) is 0 Å². The normalized spacial score (nSPS) is 11.3. The van der Waals surface area contributed by atoms with E-state index in [0.717, 1.165) is 24.3 Å². The Morgan fingerprint density at radius 3 is 2.40 bits per heavy atom. The highest BCUT2D eigenvalue weighted by Gasteiger charge is 2.20. The fraction of sp³-hybridized carbons (Fsp3) is 0. The number of nitrogens with two attached hydrogens (primary N) is 1. The Morgan fingerprint density at radius 1 is 1.05 bits per heavy atom. The molecule has 2 rings (SSSR count). The molecule has 4 nitrogen and oxygen atoms in total. The van der Waals surface area contributed by atoms with Crippen LogP contribution in [-0.4, -0.2) is 8.42 Å². The summed E-state index contributed by atoms with van der Waals surface area (Å²) in [5, 5.41) is 0.0524. The lowest BCUT2D eigenvalue weighted by molar-refractivity contribution is 0.569. The quantitative estimate of drug-likeness (QED) is 0.854. The van der Waals surface area contributed by atoms with Crippen molar-refractivity contribution >= 4 is 33.0 Å². The van der Waals surface area contributed by atoms with Crippen LogP contribution in [0.4, 0.5) is 20.2 Å². The lowest BCUT2D eigenvalue weighted by Gasteiger charge is -2.10. The molecule has 3 N–H and O–H groups in total. The molecule has 0 aromatic heterocycles. The van der Waals surface area contributed by atoms with Crippen molar-refractivity contribution in [2.75, 3.05) is 10.5 Å². The van der Waals surface area contributed by atoms with Gasteiger partial charge in [-0.3, -0.25) is 4.72 Å². The minimum atomic E-state index is -4.28. The van der Waals surface area contributed by atoms with Crippen molar-refractivity contribution in [2.45, 2.75) is 4.90 Å². The molecule has 0 aliphatic rings. The molecule has 0 saturated heterocycles. The predicted octanol–water partition coefficient (Wildman–Crippen LogP) is 3.00. The molecule has 0 spiro atoms. The first kappa shape index (κ1) is 14.5. The Bertz CT molecular complexity index is 766. The molecule has 2 aromatic carbocycles. The molecule has 106 valence electrons. The molecule has 0 radical (unpaired) electrons. The van der Waals surface area contributed by atoms with E-state index in [1.54, 1.807) is 0 Å². The molecule has 0 amide bonds. The molecule has 20 heavy (non-hydrogen) atoms. The van der Waals surface area contributed by atoms with E-state index in [9.17, 15) is 17.2 Å². The number of halogens is 3. The Labute approximate surface area is 119 Å². The molecular weight excluding hydrogens is 310 g/mol. The van der Waals surface area contributed by atoms with Gasteiger partial charge in [0.05, 0.1) is 5.69 Å². The molecule has 0 saturated carbocycles. The largest absolute Gasteiger partial charge is 0.399 e. The summed E-state index contributed by atoms with van der Waals surface area (Å²) in [4.78, 5) is -0.635. The summed E-state index contributed by atoms with van der Waals surface area (Å²) in [7, 11) is -4.28. The Balaban J connectivity index is 2.43. The molecule has 0 unspecified atom stereocenters. The molecule has 0 heterocycles. The zero-order valence-electron chi connectivity index (χ0n) is 9.90. The van der Waals surface area contributed by atoms with Gasteiger partial charge in [0, 0.05) is 10.7 Å². The molecule has 0 atom stereocenters. The monoisotopic (exact) mass is 318 g/mol. The molecule has 0 aliphatic carbocycles. The van der Waals surface area contributed by atoms with Crippen LogP contribution in [0, 0.1) is 11.6 Å². The van der Waals surface area contributed by atoms with Gasteiger partial charge in [0.1, 0.15) is 16.5 Å². The molecule has 8 heteroatoms. The van der Waals surface area contributed by atoms with E-state index in [0.29, 0.717) is 0 Å². The fourth-order valence-electron chi connectivity index (χ4n) is 1.51. The van der Waals surface area contributed by atoms with E-state index in [1.165, 1.54) is 12.1 Å². The van der Waals surface area contributed by atoms with Gasteiger partial charge in [-0.15, -0.1) is 0 Å². The van der Waals surface area contributed by atoms with Crippen LogP contribution in [0.15, 0.2) is 41.3 Å². The topological polar surface area (TPSA) is 72.2 Å². The van der Waals surface area contributed by atoms with Gasteiger partial charge < -0.3 is 5.73 Å². The van der Waals surface area contributed by atoms with E-state index in [1.807, 2.05) is 4.72 Å². The maximum Gasteiger partial charge on any atom is 0.264 e. The van der Waals surface area contributed by atoms with Crippen LogP contribution in [0.25, 0.3) is 0 Å². The lowest BCUT2D eigenvalue weighted by atomic mass is 10.3. The summed E-state index contributed by atoms with van der Waals surface area (Å²) in [6.45, 7) is 0. The number of sulfonamides is 1. The maximum absolute atomic E-state index is 13.6. The van der Waals surface area contributed by atoms with Crippen molar-refractivity contribution in [1.29, 1.82) is 0 Å². The van der Waals surface area contributed by atoms with Gasteiger partial charge in [0.25, 0.3) is 10.0 Å². The van der Waals surface area contributed by atoms with Crippen molar-refractivity contribution in [1.82, 2.24) is 0 Å². The Morgan fingerprint density at radius 2 is 1.75 bits per heavy atom.